The molecular weight excluding hydrogens is 436 g/mol. The summed E-state index contributed by atoms with van der Waals surface area (Å²) in [6.45, 7) is 1.78. The van der Waals surface area contributed by atoms with Gasteiger partial charge in [-0.2, -0.15) is 0 Å². The van der Waals surface area contributed by atoms with Gasteiger partial charge in [-0.3, -0.25) is 9.52 Å². The van der Waals surface area contributed by atoms with Crippen molar-refractivity contribution >= 4 is 49.2 Å². The van der Waals surface area contributed by atoms with Crippen LogP contribution in [0.15, 0.2) is 100 Å². The van der Waals surface area contributed by atoms with Crippen LogP contribution in [-0.4, -0.2) is 14.3 Å². The van der Waals surface area contributed by atoms with E-state index in [9.17, 15) is 13.2 Å². The zero-order valence-electron chi connectivity index (χ0n) is 17.7. The monoisotopic (exact) mass is 456 g/mol. The van der Waals surface area contributed by atoms with Crippen LogP contribution in [0.1, 0.15) is 15.9 Å². The van der Waals surface area contributed by atoms with E-state index in [1.54, 1.807) is 43.3 Å². The van der Waals surface area contributed by atoms with Crippen molar-refractivity contribution in [3.63, 3.8) is 0 Å². The van der Waals surface area contributed by atoms with E-state index in [2.05, 4.69) is 10.0 Å². The Labute approximate surface area is 190 Å². The van der Waals surface area contributed by atoms with Gasteiger partial charge in [-0.15, -0.1) is 0 Å². The summed E-state index contributed by atoms with van der Waals surface area (Å²) >= 11 is 0. The first kappa shape index (κ1) is 20.8. The first-order valence-electron chi connectivity index (χ1n) is 10.3. The van der Waals surface area contributed by atoms with Gasteiger partial charge < -0.3 is 9.73 Å². The molecule has 1 aromatic heterocycles. The predicted octanol–water partition coefficient (Wildman–Crippen LogP) is 5.95. The molecule has 0 saturated carbocycles. The fourth-order valence-electron chi connectivity index (χ4n) is 3.68. The molecule has 4 aromatic carbocycles. The molecule has 0 unspecified atom stereocenters. The lowest BCUT2D eigenvalue weighted by molar-refractivity contribution is 0.102. The number of furan rings is 1. The van der Waals surface area contributed by atoms with Gasteiger partial charge in [-0.05, 0) is 55.0 Å². The van der Waals surface area contributed by atoms with E-state index in [4.69, 9.17) is 4.42 Å². The molecular formula is C26H20N2O4S. The molecule has 1 heterocycles. The lowest BCUT2D eigenvalue weighted by Crippen LogP contribution is -2.16. The number of hydrogen-bond acceptors (Lipinski definition) is 4. The van der Waals surface area contributed by atoms with Gasteiger partial charge >= 0.3 is 0 Å². The summed E-state index contributed by atoms with van der Waals surface area (Å²) in [7, 11) is -3.77. The highest BCUT2D eigenvalue weighted by atomic mass is 32.2. The number of amides is 1. The zero-order chi connectivity index (χ0) is 23.0. The summed E-state index contributed by atoms with van der Waals surface area (Å²) in [4.78, 5) is 13.1. The van der Waals surface area contributed by atoms with E-state index in [-0.39, 0.29) is 10.8 Å². The minimum Gasteiger partial charge on any atom is -0.456 e. The third kappa shape index (κ3) is 4.06. The summed E-state index contributed by atoms with van der Waals surface area (Å²) in [5.41, 5.74) is 3.42. The predicted molar refractivity (Wildman–Crippen MR) is 130 cm³/mol. The van der Waals surface area contributed by atoms with Gasteiger partial charge in [0.05, 0.1) is 10.6 Å². The second kappa shape index (κ2) is 8.11. The Morgan fingerprint density at radius 1 is 0.788 bits per heavy atom. The number of rotatable bonds is 5. The Bertz CT molecular complexity index is 1610. The number of benzene rings is 4. The minimum absolute atomic E-state index is 0.151. The maximum atomic E-state index is 12.9. The number of sulfonamides is 1. The molecule has 0 aliphatic carbocycles. The Morgan fingerprint density at radius 3 is 2.33 bits per heavy atom. The summed E-state index contributed by atoms with van der Waals surface area (Å²) in [6.07, 6.45) is 0. The molecule has 2 N–H and O–H groups in total. The third-order valence-corrected chi connectivity index (χ3v) is 6.82. The zero-order valence-corrected chi connectivity index (χ0v) is 18.5. The second-order valence-electron chi connectivity index (χ2n) is 7.71. The molecule has 0 spiro atoms. The molecule has 0 atom stereocenters. The normalized spacial score (nSPS) is 11.5. The van der Waals surface area contributed by atoms with Crippen LogP contribution in [-0.2, 0) is 10.0 Å². The van der Waals surface area contributed by atoms with Crippen molar-refractivity contribution < 1.29 is 17.6 Å². The van der Waals surface area contributed by atoms with Crippen LogP contribution in [0.2, 0.25) is 0 Å². The highest BCUT2D eigenvalue weighted by molar-refractivity contribution is 7.92. The van der Waals surface area contributed by atoms with E-state index in [0.29, 0.717) is 28.1 Å². The summed E-state index contributed by atoms with van der Waals surface area (Å²) in [6, 6.07) is 26.2. The van der Waals surface area contributed by atoms with Crippen molar-refractivity contribution in [2.75, 3.05) is 10.0 Å². The molecule has 0 aliphatic heterocycles. The molecule has 7 heteroatoms. The van der Waals surface area contributed by atoms with Crippen molar-refractivity contribution in [2.24, 2.45) is 0 Å². The van der Waals surface area contributed by atoms with Crippen molar-refractivity contribution in [3.8, 4) is 0 Å². The van der Waals surface area contributed by atoms with Gasteiger partial charge in [0.15, 0.2) is 0 Å². The molecule has 0 radical (unpaired) electrons. The van der Waals surface area contributed by atoms with E-state index < -0.39 is 10.0 Å². The average molecular weight is 457 g/mol. The van der Waals surface area contributed by atoms with Crippen LogP contribution in [0.4, 0.5) is 11.4 Å². The Kier molecular flexibility index (Phi) is 5.11. The number of nitrogens with one attached hydrogen (secondary N) is 2. The number of carbonyl (C=O) groups is 1. The first-order valence-corrected chi connectivity index (χ1v) is 11.8. The molecule has 1 amide bonds. The lowest BCUT2D eigenvalue weighted by Gasteiger charge is -2.12. The molecule has 33 heavy (non-hydrogen) atoms. The molecule has 0 fully saturated rings. The van der Waals surface area contributed by atoms with Crippen LogP contribution in [0.3, 0.4) is 0 Å². The quantitative estimate of drug-likeness (QED) is 0.342. The van der Waals surface area contributed by atoms with Crippen molar-refractivity contribution in [1.29, 1.82) is 0 Å². The number of fused-ring (bicyclic) bond motifs is 3. The molecule has 164 valence electrons. The van der Waals surface area contributed by atoms with Gasteiger partial charge in [-0.25, -0.2) is 8.42 Å². The van der Waals surface area contributed by atoms with Crippen LogP contribution < -0.4 is 10.0 Å². The number of para-hydroxylation sites is 1. The van der Waals surface area contributed by atoms with Gasteiger partial charge in [0.1, 0.15) is 11.2 Å². The molecule has 0 saturated heterocycles. The fraction of sp³-hybridized carbons (Fsp3) is 0.0385. The molecule has 0 bridgehead atoms. The van der Waals surface area contributed by atoms with E-state index >= 15 is 0 Å². The van der Waals surface area contributed by atoms with Gasteiger partial charge in [0, 0.05) is 28.1 Å². The summed E-state index contributed by atoms with van der Waals surface area (Å²) in [5, 5.41) is 4.84. The van der Waals surface area contributed by atoms with E-state index in [0.717, 1.165) is 16.4 Å². The van der Waals surface area contributed by atoms with Crippen molar-refractivity contribution in [3.05, 3.63) is 102 Å². The Morgan fingerprint density at radius 2 is 1.52 bits per heavy atom. The maximum absolute atomic E-state index is 12.9. The van der Waals surface area contributed by atoms with Crippen LogP contribution in [0, 0.1) is 6.92 Å². The lowest BCUT2D eigenvalue weighted by atomic mass is 10.1. The Hall–Kier alpha value is -4.10. The van der Waals surface area contributed by atoms with Crippen molar-refractivity contribution in [1.82, 2.24) is 0 Å². The standard InChI is InChI=1S/C26H20N2O4S/c1-17-11-12-18(15-23(17)28-33(30,31)20-7-3-2-4-8-20)26(29)27-19-13-14-22-21-9-5-6-10-24(21)32-25(22)16-19/h2-16,28H,1H3,(H,27,29). The third-order valence-electron chi connectivity index (χ3n) is 5.43. The van der Waals surface area contributed by atoms with Crippen LogP contribution in [0.25, 0.3) is 21.9 Å². The summed E-state index contributed by atoms with van der Waals surface area (Å²) < 4.78 is 33.9. The fourth-order valence-corrected chi connectivity index (χ4v) is 4.83. The molecule has 5 aromatic rings. The number of carbonyl (C=O) groups excluding carboxylic acids is 1. The van der Waals surface area contributed by atoms with Crippen LogP contribution >= 0.6 is 0 Å². The van der Waals surface area contributed by atoms with Crippen molar-refractivity contribution in [2.45, 2.75) is 11.8 Å². The largest absolute Gasteiger partial charge is 0.456 e. The number of hydrogen-bond donors (Lipinski definition) is 2. The highest BCUT2D eigenvalue weighted by Gasteiger charge is 2.17. The summed E-state index contributed by atoms with van der Waals surface area (Å²) in [5.74, 6) is -0.356. The van der Waals surface area contributed by atoms with Crippen LogP contribution in [0.5, 0.6) is 0 Å². The molecule has 5 rings (SSSR count). The SMILES string of the molecule is Cc1ccc(C(=O)Nc2ccc3c(c2)oc2ccccc23)cc1NS(=O)(=O)c1ccccc1. The first-order chi connectivity index (χ1) is 15.9. The second-order valence-corrected chi connectivity index (χ2v) is 9.39. The molecule has 0 aliphatic rings. The van der Waals surface area contributed by atoms with E-state index in [1.807, 2.05) is 36.4 Å². The minimum atomic E-state index is -3.77. The molecule has 6 nitrogen and oxygen atoms in total. The number of aryl methyl sites for hydroxylation is 1. The topological polar surface area (TPSA) is 88.4 Å². The van der Waals surface area contributed by atoms with Gasteiger partial charge in [0.2, 0.25) is 0 Å². The number of anilines is 2. The van der Waals surface area contributed by atoms with E-state index in [1.165, 1.54) is 18.2 Å². The average Bonchev–Trinajstić information content (AvgIpc) is 3.18. The van der Waals surface area contributed by atoms with Gasteiger partial charge in [0.25, 0.3) is 15.9 Å². The highest BCUT2D eigenvalue weighted by Crippen LogP contribution is 2.30. The Balaban J connectivity index is 1.40. The maximum Gasteiger partial charge on any atom is 0.261 e. The smallest absolute Gasteiger partial charge is 0.261 e. The van der Waals surface area contributed by atoms with Gasteiger partial charge in [-0.1, -0.05) is 42.5 Å².